The van der Waals surface area contributed by atoms with Crippen LogP contribution in [0.25, 0.3) is 0 Å². The average molecular weight is 304 g/mol. The molecule has 1 aromatic carbocycles. The molecule has 7 rings (SSSR count). The minimum Gasteiger partial charge on any atom is -0.299 e. The zero-order chi connectivity index (χ0) is 16.0. The van der Waals surface area contributed by atoms with Gasteiger partial charge in [0.1, 0.15) is 5.78 Å². The fourth-order valence-electron chi connectivity index (χ4n) is 6.43. The van der Waals surface area contributed by atoms with Crippen LogP contribution in [-0.2, 0) is 15.0 Å². The Bertz CT molecular complexity index is 804. The van der Waals surface area contributed by atoms with Crippen molar-refractivity contribution in [2.75, 3.05) is 0 Å². The highest BCUT2D eigenvalue weighted by molar-refractivity contribution is 6.10. The van der Waals surface area contributed by atoms with Crippen molar-refractivity contribution in [3.63, 3.8) is 0 Å². The molecule has 6 aliphatic rings. The number of allylic oxidation sites excluding steroid dienone is 4. The molecule has 1 aromatic rings. The highest BCUT2D eigenvalue weighted by Crippen LogP contribution is 2.78. The molecule has 0 spiro atoms. The Hall–Kier alpha value is -1.96. The summed E-state index contributed by atoms with van der Waals surface area (Å²) in [7, 11) is 0. The predicted octanol–water partition coefficient (Wildman–Crippen LogP) is 3.48. The summed E-state index contributed by atoms with van der Waals surface area (Å²) >= 11 is 0. The average Bonchev–Trinajstić information content (AvgIpc) is 2.73. The molecule has 0 aliphatic heterocycles. The van der Waals surface area contributed by atoms with Crippen LogP contribution < -0.4 is 0 Å². The molecule has 5 saturated carbocycles. The third-order valence-electron chi connectivity index (χ3n) is 7.50. The zero-order valence-electron chi connectivity index (χ0n) is 13.5. The van der Waals surface area contributed by atoms with Crippen LogP contribution in [0.4, 0.5) is 0 Å². The van der Waals surface area contributed by atoms with Crippen molar-refractivity contribution in [3.8, 4) is 0 Å². The number of carbonyl (C=O) groups excluding carboxylic acids is 2. The largest absolute Gasteiger partial charge is 0.299 e. The molecule has 5 unspecified atom stereocenters. The molecule has 0 aromatic heterocycles. The van der Waals surface area contributed by atoms with E-state index in [0.29, 0.717) is 5.78 Å². The van der Waals surface area contributed by atoms with Gasteiger partial charge in [0.25, 0.3) is 0 Å². The monoisotopic (exact) mass is 304 g/mol. The summed E-state index contributed by atoms with van der Waals surface area (Å²) in [4.78, 5) is 26.6. The van der Waals surface area contributed by atoms with E-state index in [2.05, 4.69) is 25.1 Å². The number of ketones is 2. The Labute approximate surface area is 136 Å². The molecule has 6 bridgehead atoms. The van der Waals surface area contributed by atoms with Crippen molar-refractivity contribution in [2.24, 2.45) is 28.6 Å². The molecule has 23 heavy (non-hydrogen) atoms. The SMILES string of the molecule is CC12C(=O)[C@]3(C)C=CC=CC4C3C(=O)C1CC42c1ccccc1. The molecule has 0 amide bonds. The summed E-state index contributed by atoms with van der Waals surface area (Å²) in [6, 6.07) is 10.4. The molecule has 2 heteroatoms. The van der Waals surface area contributed by atoms with Crippen LogP contribution in [0, 0.1) is 28.6 Å². The topological polar surface area (TPSA) is 34.1 Å². The van der Waals surface area contributed by atoms with Crippen LogP contribution in [0.15, 0.2) is 54.6 Å². The van der Waals surface area contributed by atoms with E-state index in [1.807, 2.05) is 43.4 Å². The lowest BCUT2D eigenvalue weighted by molar-refractivity contribution is -0.218. The van der Waals surface area contributed by atoms with Gasteiger partial charge in [0, 0.05) is 22.7 Å². The van der Waals surface area contributed by atoms with Crippen LogP contribution in [0.3, 0.4) is 0 Å². The maximum atomic E-state index is 13.5. The second-order valence-corrected chi connectivity index (χ2v) is 8.06. The van der Waals surface area contributed by atoms with Crippen molar-refractivity contribution in [1.82, 2.24) is 0 Å². The molecule has 5 fully saturated rings. The summed E-state index contributed by atoms with van der Waals surface area (Å²) in [5.74, 6) is 0.403. The first kappa shape index (κ1) is 13.5. The Morgan fingerprint density at radius 3 is 2.52 bits per heavy atom. The van der Waals surface area contributed by atoms with Crippen molar-refractivity contribution in [1.29, 1.82) is 0 Å². The first-order chi connectivity index (χ1) is 11.0. The van der Waals surface area contributed by atoms with Gasteiger partial charge in [-0.1, -0.05) is 61.6 Å². The lowest BCUT2D eigenvalue weighted by Crippen LogP contribution is -2.82. The van der Waals surface area contributed by atoms with Gasteiger partial charge in [-0.15, -0.1) is 0 Å². The minimum atomic E-state index is -0.644. The van der Waals surface area contributed by atoms with Gasteiger partial charge in [0.05, 0.1) is 5.41 Å². The standard InChI is InChI=1S/C21H20O2/c1-19-11-7-6-10-14-16(19)17(22)15-12-21(14,20(15,2)18(19)23)13-8-4-3-5-9-13/h3-11,14-16H,12H2,1-2H3/t14?,15?,16?,19-,20?,21?/m1/s1. The quantitative estimate of drug-likeness (QED) is 0.796. The fourth-order valence-corrected chi connectivity index (χ4v) is 6.43. The van der Waals surface area contributed by atoms with E-state index in [1.165, 1.54) is 5.56 Å². The number of carbonyl (C=O) groups is 2. The van der Waals surface area contributed by atoms with Gasteiger partial charge >= 0.3 is 0 Å². The van der Waals surface area contributed by atoms with Gasteiger partial charge < -0.3 is 0 Å². The molecule has 0 radical (unpaired) electrons. The van der Waals surface area contributed by atoms with Crippen LogP contribution in [-0.4, -0.2) is 11.6 Å². The van der Waals surface area contributed by atoms with Gasteiger partial charge in [0.2, 0.25) is 0 Å². The predicted molar refractivity (Wildman–Crippen MR) is 87.7 cm³/mol. The summed E-state index contributed by atoms with van der Waals surface area (Å²) in [5, 5.41) is 0. The minimum absolute atomic E-state index is 0.0931. The number of benzene rings is 1. The summed E-state index contributed by atoms with van der Waals surface area (Å²) < 4.78 is 0. The molecule has 0 saturated heterocycles. The normalized spacial score (nSPS) is 49.0. The van der Waals surface area contributed by atoms with E-state index in [9.17, 15) is 9.59 Å². The molecule has 2 nitrogen and oxygen atoms in total. The van der Waals surface area contributed by atoms with Gasteiger partial charge in [-0.25, -0.2) is 0 Å². The van der Waals surface area contributed by atoms with E-state index in [4.69, 9.17) is 0 Å². The maximum Gasteiger partial charge on any atom is 0.150 e. The molecule has 116 valence electrons. The third kappa shape index (κ3) is 1.13. The van der Waals surface area contributed by atoms with Crippen LogP contribution in [0.5, 0.6) is 0 Å². The summed E-state index contributed by atoms with van der Waals surface area (Å²) in [6.07, 6.45) is 8.99. The van der Waals surface area contributed by atoms with Crippen LogP contribution in [0.2, 0.25) is 0 Å². The van der Waals surface area contributed by atoms with Gasteiger partial charge in [-0.2, -0.15) is 0 Å². The summed E-state index contributed by atoms with van der Waals surface area (Å²) in [5.41, 5.74) is -0.201. The van der Waals surface area contributed by atoms with E-state index < -0.39 is 10.8 Å². The zero-order valence-corrected chi connectivity index (χ0v) is 13.5. The Kier molecular flexibility index (Phi) is 2.19. The molecule has 0 heterocycles. The third-order valence-corrected chi connectivity index (χ3v) is 7.50. The Balaban J connectivity index is 1.84. The van der Waals surface area contributed by atoms with Gasteiger partial charge in [-0.3, -0.25) is 9.59 Å². The molecular formula is C21H20O2. The van der Waals surface area contributed by atoms with E-state index >= 15 is 0 Å². The van der Waals surface area contributed by atoms with E-state index in [-0.39, 0.29) is 29.0 Å². The van der Waals surface area contributed by atoms with Crippen molar-refractivity contribution >= 4 is 11.6 Å². The van der Waals surface area contributed by atoms with E-state index in [0.717, 1.165) is 6.42 Å². The molecule has 6 aliphatic carbocycles. The maximum absolute atomic E-state index is 13.5. The Morgan fingerprint density at radius 2 is 1.78 bits per heavy atom. The van der Waals surface area contributed by atoms with Crippen LogP contribution in [0.1, 0.15) is 25.8 Å². The number of hydrogen-bond donors (Lipinski definition) is 0. The second-order valence-electron chi connectivity index (χ2n) is 8.06. The van der Waals surface area contributed by atoms with Crippen molar-refractivity contribution in [2.45, 2.75) is 25.7 Å². The number of rotatable bonds is 1. The highest BCUT2D eigenvalue weighted by Gasteiger charge is 2.83. The van der Waals surface area contributed by atoms with E-state index in [1.54, 1.807) is 0 Å². The van der Waals surface area contributed by atoms with Crippen molar-refractivity contribution in [3.05, 3.63) is 60.2 Å². The smallest absolute Gasteiger partial charge is 0.150 e. The lowest BCUT2D eigenvalue weighted by atomic mass is 9.24. The van der Waals surface area contributed by atoms with Crippen LogP contribution >= 0.6 is 0 Å². The number of Topliss-reactive ketones (excluding diaryl/α,β-unsaturated/α-hetero) is 2. The Morgan fingerprint density at radius 1 is 1.04 bits per heavy atom. The number of hydrogen-bond acceptors (Lipinski definition) is 2. The van der Waals surface area contributed by atoms with Crippen molar-refractivity contribution < 1.29 is 9.59 Å². The molecule has 6 atom stereocenters. The van der Waals surface area contributed by atoms with Gasteiger partial charge in [-0.05, 0) is 24.8 Å². The first-order valence-corrected chi connectivity index (χ1v) is 8.48. The van der Waals surface area contributed by atoms with Gasteiger partial charge in [0.15, 0.2) is 5.78 Å². The molecular weight excluding hydrogens is 284 g/mol. The molecule has 0 N–H and O–H groups in total. The fraction of sp³-hybridized carbons (Fsp3) is 0.429. The first-order valence-electron chi connectivity index (χ1n) is 8.48. The second kappa shape index (κ2) is 3.75. The lowest BCUT2D eigenvalue weighted by Gasteiger charge is -2.76. The highest BCUT2D eigenvalue weighted by atomic mass is 16.1. The summed E-state index contributed by atoms with van der Waals surface area (Å²) in [6.45, 7) is 4.03.